The average molecular weight is 315 g/mol. The molecule has 0 radical (unpaired) electrons. The van der Waals surface area contributed by atoms with E-state index >= 15 is 0 Å². The molecule has 0 fully saturated rings. The first-order valence-electron chi connectivity index (χ1n) is 6.30. The molecule has 0 aromatic heterocycles. The number of nitrogens with one attached hydrogen (secondary N) is 1. The fourth-order valence-corrected chi connectivity index (χ4v) is 1.94. The predicted molar refractivity (Wildman–Crippen MR) is 76.3 cm³/mol. The van der Waals surface area contributed by atoms with Crippen molar-refractivity contribution in [3.8, 4) is 11.5 Å². The summed E-state index contributed by atoms with van der Waals surface area (Å²) in [5.74, 6) is 0.0737. The SMILES string of the molecule is CN(CCC(=O)O)C(=O)Nc1cc2c(cc1Cl)OCCO2. The Kier molecular flexibility index (Phi) is 4.74. The topological polar surface area (TPSA) is 88.1 Å². The van der Waals surface area contributed by atoms with E-state index < -0.39 is 12.0 Å². The Balaban J connectivity index is 2.05. The summed E-state index contributed by atoms with van der Waals surface area (Å²) < 4.78 is 10.8. The molecule has 114 valence electrons. The number of rotatable bonds is 4. The second-order valence-electron chi connectivity index (χ2n) is 4.47. The van der Waals surface area contributed by atoms with Crippen LogP contribution in [0.5, 0.6) is 11.5 Å². The van der Waals surface area contributed by atoms with Gasteiger partial charge in [0.2, 0.25) is 0 Å². The average Bonchev–Trinajstić information content (AvgIpc) is 2.45. The first-order valence-corrected chi connectivity index (χ1v) is 6.68. The number of hydrogen-bond donors (Lipinski definition) is 2. The van der Waals surface area contributed by atoms with Crippen molar-refractivity contribution in [2.24, 2.45) is 0 Å². The molecule has 0 bridgehead atoms. The van der Waals surface area contributed by atoms with E-state index in [0.29, 0.717) is 35.4 Å². The van der Waals surface area contributed by atoms with Gasteiger partial charge < -0.3 is 24.8 Å². The Labute approximate surface area is 126 Å². The highest BCUT2D eigenvalue weighted by atomic mass is 35.5. The zero-order chi connectivity index (χ0) is 15.4. The van der Waals surface area contributed by atoms with E-state index in [2.05, 4.69) is 5.32 Å². The maximum absolute atomic E-state index is 11.9. The molecule has 0 saturated carbocycles. The molecule has 1 aliphatic heterocycles. The molecule has 0 spiro atoms. The summed E-state index contributed by atoms with van der Waals surface area (Å²) in [6, 6.07) is 2.71. The summed E-state index contributed by atoms with van der Waals surface area (Å²) in [5, 5.41) is 11.5. The Bertz CT molecular complexity index is 564. The van der Waals surface area contributed by atoms with Crippen LogP contribution < -0.4 is 14.8 Å². The summed E-state index contributed by atoms with van der Waals surface area (Å²) in [5.41, 5.74) is 0.382. The highest BCUT2D eigenvalue weighted by Gasteiger charge is 2.17. The molecule has 0 atom stereocenters. The van der Waals surface area contributed by atoms with Gasteiger partial charge in [0.15, 0.2) is 11.5 Å². The number of carbonyl (C=O) groups is 2. The standard InChI is InChI=1S/C13H15ClN2O5/c1-16(3-2-12(17)18)13(19)15-9-7-11-10(6-8(9)14)20-4-5-21-11/h6-7H,2-5H2,1H3,(H,15,19)(H,17,18). The Morgan fingerprint density at radius 1 is 1.33 bits per heavy atom. The van der Waals surface area contributed by atoms with Crippen molar-refractivity contribution in [3.63, 3.8) is 0 Å². The lowest BCUT2D eigenvalue weighted by atomic mass is 10.2. The number of aliphatic carboxylic acids is 1. The van der Waals surface area contributed by atoms with Crippen molar-refractivity contribution in [2.45, 2.75) is 6.42 Å². The molecule has 0 aliphatic carbocycles. The van der Waals surface area contributed by atoms with Crippen molar-refractivity contribution in [1.82, 2.24) is 4.90 Å². The van der Waals surface area contributed by atoms with Crippen LogP contribution in [-0.4, -0.2) is 48.8 Å². The van der Waals surface area contributed by atoms with E-state index in [9.17, 15) is 9.59 Å². The zero-order valence-corrected chi connectivity index (χ0v) is 12.1. The number of anilines is 1. The first-order chi connectivity index (χ1) is 9.97. The van der Waals surface area contributed by atoms with Gasteiger partial charge in [0.25, 0.3) is 0 Å². The number of amides is 2. The zero-order valence-electron chi connectivity index (χ0n) is 11.4. The van der Waals surface area contributed by atoms with Crippen molar-refractivity contribution < 1.29 is 24.2 Å². The third-order valence-corrected chi connectivity index (χ3v) is 3.19. The lowest BCUT2D eigenvalue weighted by Gasteiger charge is -2.21. The van der Waals surface area contributed by atoms with Crippen LogP contribution in [0, 0.1) is 0 Å². The van der Waals surface area contributed by atoms with E-state index in [-0.39, 0.29) is 13.0 Å². The summed E-state index contributed by atoms with van der Waals surface area (Å²) in [6.45, 7) is 0.983. The third kappa shape index (κ3) is 3.91. The van der Waals surface area contributed by atoms with Gasteiger partial charge in [0, 0.05) is 25.7 Å². The number of fused-ring (bicyclic) bond motifs is 1. The van der Waals surface area contributed by atoms with Crippen molar-refractivity contribution in [2.75, 3.05) is 32.1 Å². The van der Waals surface area contributed by atoms with Gasteiger partial charge in [0.05, 0.1) is 17.1 Å². The number of benzene rings is 1. The molecule has 1 aliphatic rings. The third-order valence-electron chi connectivity index (χ3n) is 2.88. The van der Waals surface area contributed by atoms with E-state index in [1.54, 1.807) is 12.1 Å². The van der Waals surface area contributed by atoms with Gasteiger partial charge in [-0.2, -0.15) is 0 Å². The van der Waals surface area contributed by atoms with Crippen molar-refractivity contribution >= 4 is 29.3 Å². The Morgan fingerprint density at radius 3 is 2.57 bits per heavy atom. The molecule has 1 aromatic rings. The molecule has 2 rings (SSSR count). The van der Waals surface area contributed by atoms with Crippen LogP contribution in [0.25, 0.3) is 0 Å². The second kappa shape index (κ2) is 6.53. The summed E-state index contributed by atoms with van der Waals surface area (Å²) in [7, 11) is 1.50. The number of urea groups is 1. The molecule has 7 nitrogen and oxygen atoms in total. The molecule has 1 heterocycles. The van der Waals surface area contributed by atoms with E-state index in [4.69, 9.17) is 26.2 Å². The summed E-state index contributed by atoms with van der Waals surface area (Å²) in [4.78, 5) is 23.7. The van der Waals surface area contributed by atoms with E-state index in [1.807, 2.05) is 0 Å². The number of halogens is 1. The summed E-state index contributed by atoms with van der Waals surface area (Å²) >= 11 is 6.07. The highest BCUT2D eigenvalue weighted by molar-refractivity contribution is 6.34. The van der Waals surface area contributed by atoms with Gasteiger partial charge in [0.1, 0.15) is 13.2 Å². The van der Waals surface area contributed by atoms with Gasteiger partial charge in [-0.05, 0) is 0 Å². The number of carboxylic acid groups (broad SMARTS) is 1. The minimum absolute atomic E-state index is 0.101. The molecular formula is C13H15ClN2O5. The molecule has 2 amide bonds. The fraction of sp³-hybridized carbons (Fsp3) is 0.385. The van der Waals surface area contributed by atoms with Gasteiger partial charge in [-0.1, -0.05) is 11.6 Å². The van der Waals surface area contributed by atoms with Crippen molar-refractivity contribution in [1.29, 1.82) is 0 Å². The number of carboxylic acids is 1. The molecule has 0 saturated heterocycles. The first kappa shape index (κ1) is 15.2. The smallest absolute Gasteiger partial charge is 0.321 e. The van der Waals surface area contributed by atoms with Gasteiger partial charge in [-0.3, -0.25) is 4.79 Å². The molecule has 0 unspecified atom stereocenters. The number of ether oxygens (including phenoxy) is 2. The van der Waals surface area contributed by atoms with Crippen LogP contribution >= 0.6 is 11.6 Å². The lowest BCUT2D eigenvalue weighted by Crippen LogP contribution is -2.33. The molecule has 1 aromatic carbocycles. The van der Waals surface area contributed by atoms with Crippen LogP contribution in [0.3, 0.4) is 0 Å². The number of nitrogens with zero attached hydrogens (tertiary/aromatic N) is 1. The van der Waals surface area contributed by atoms with Crippen LogP contribution in [0.2, 0.25) is 5.02 Å². The van der Waals surface area contributed by atoms with Gasteiger partial charge in [-0.15, -0.1) is 0 Å². The molecule has 8 heteroatoms. The Morgan fingerprint density at radius 2 is 1.95 bits per heavy atom. The molecule has 2 N–H and O–H groups in total. The lowest BCUT2D eigenvalue weighted by molar-refractivity contribution is -0.137. The molecule has 21 heavy (non-hydrogen) atoms. The van der Waals surface area contributed by atoms with Crippen molar-refractivity contribution in [3.05, 3.63) is 17.2 Å². The Hall–Kier alpha value is -2.15. The van der Waals surface area contributed by atoms with E-state index in [0.717, 1.165) is 0 Å². The number of carbonyl (C=O) groups excluding carboxylic acids is 1. The highest BCUT2D eigenvalue weighted by Crippen LogP contribution is 2.37. The maximum Gasteiger partial charge on any atom is 0.321 e. The normalized spacial score (nSPS) is 12.7. The van der Waals surface area contributed by atoms with Crippen LogP contribution in [0.15, 0.2) is 12.1 Å². The monoisotopic (exact) mass is 314 g/mol. The fourth-order valence-electron chi connectivity index (χ4n) is 1.74. The maximum atomic E-state index is 11.9. The largest absolute Gasteiger partial charge is 0.486 e. The van der Waals surface area contributed by atoms with Crippen LogP contribution in [-0.2, 0) is 4.79 Å². The summed E-state index contributed by atoms with van der Waals surface area (Å²) in [6.07, 6.45) is -0.126. The number of hydrogen-bond acceptors (Lipinski definition) is 4. The van der Waals surface area contributed by atoms with Crippen LogP contribution in [0.4, 0.5) is 10.5 Å². The van der Waals surface area contributed by atoms with Gasteiger partial charge in [-0.25, -0.2) is 4.79 Å². The van der Waals surface area contributed by atoms with Crippen LogP contribution in [0.1, 0.15) is 6.42 Å². The van der Waals surface area contributed by atoms with Gasteiger partial charge >= 0.3 is 12.0 Å². The molecular weight excluding hydrogens is 300 g/mol. The minimum Gasteiger partial charge on any atom is -0.486 e. The second-order valence-corrected chi connectivity index (χ2v) is 4.88. The quantitative estimate of drug-likeness (QED) is 0.888. The predicted octanol–water partition coefficient (Wildman–Crippen LogP) is 2.05. The minimum atomic E-state index is -0.966. The van der Waals surface area contributed by atoms with E-state index in [1.165, 1.54) is 11.9 Å².